The van der Waals surface area contributed by atoms with Crippen molar-refractivity contribution in [3.05, 3.63) is 124 Å². The van der Waals surface area contributed by atoms with Gasteiger partial charge in [-0.05, 0) is 96.7 Å². The third-order valence-corrected chi connectivity index (χ3v) is 11.3. The summed E-state index contributed by atoms with van der Waals surface area (Å²) in [5.41, 5.74) is 3.30. The highest BCUT2D eigenvalue weighted by molar-refractivity contribution is 6.03. The number of nitro groups is 1. The summed E-state index contributed by atoms with van der Waals surface area (Å²) in [4.78, 5) is 32.3. The number of aliphatic hydroxyl groups excluding tert-OH is 2. The Kier molecular flexibility index (Phi) is 13.6. The molecule has 3 aromatic rings. The number of unbranched alkanes of at least 4 members (excludes halogenated alkanes) is 2. The molecule has 57 heavy (non-hydrogen) atoms. The van der Waals surface area contributed by atoms with E-state index in [1.807, 2.05) is 0 Å². The molecule has 1 heterocycles. The van der Waals surface area contributed by atoms with Gasteiger partial charge in [0.15, 0.2) is 0 Å². The van der Waals surface area contributed by atoms with Gasteiger partial charge in [-0.15, -0.1) is 6.58 Å². The largest absolute Gasteiger partial charge is 0.508 e. The zero-order chi connectivity index (χ0) is 40.5. The fraction of sp³-hybridized carbons (Fsp3) is 0.442. The molecule has 3 aromatic carbocycles. The van der Waals surface area contributed by atoms with Crippen LogP contribution < -0.4 is 4.74 Å². The molecular weight excluding hydrogens is 737 g/mol. The van der Waals surface area contributed by atoms with E-state index in [9.17, 15) is 34.6 Å². The van der Waals surface area contributed by atoms with Crippen LogP contribution in [0.4, 0.5) is 14.9 Å². The zero-order valence-corrected chi connectivity index (χ0v) is 32.0. The molecule has 3 N–H and O–H groups in total. The molecule has 1 amide bonds. The van der Waals surface area contributed by atoms with Crippen molar-refractivity contribution in [3.63, 3.8) is 0 Å². The smallest absolute Gasteiger partial charge is 0.410 e. The van der Waals surface area contributed by atoms with E-state index in [2.05, 4.69) is 12.7 Å². The summed E-state index contributed by atoms with van der Waals surface area (Å²) < 4.78 is 33.4. The van der Waals surface area contributed by atoms with E-state index in [0.717, 1.165) is 30.4 Å². The van der Waals surface area contributed by atoms with Crippen molar-refractivity contribution in [2.75, 3.05) is 26.9 Å². The summed E-state index contributed by atoms with van der Waals surface area (Å²) in [5, 5.41) is 46.5. The molecule has 1 fully saturated rings. The number of benzene rings is 3. The normalized spacial score (nSPS) is 24.0. The number of halogens is 1. The molecule has 304 valence electrons. The minimum Gasteiger partial charge on any atom is -0.508 e. The van der Waals surface area contributed by atoms with Gasteiger partial charge in [0, 0.05) is 49.8 Å². The number of methoxy groups -OCH3 is 1. The van der Waals surface area contributed by atoms with Crippen molar-refractivity contribution in [2.24, 2.45) is 22.9 Å². The molecule has 13 nitrogen and oxygen atoms in total. The minimum absolute atomic E-state index is 0.000304. The van der Waals surface area contributed by atoms with E-state index in [-0.39, 0.29) is 68.6 Å². The van der Waals surface area contributed by atoms with E-state index in [0.29, 0.717) is 41.9 Å². The number of nitrogens with zero attached hydrogens (tertiary/aromatic N) is 3. The van der Waals surface area contributed by atoms with Crippen molar-refractivity contribution in [1.82, 2.24) is 4.90 Å². The molecular formula is C43H50FN3O10. The zero-order valence-electron chi connectivity index (χ0n) is 32.0. The molecule has 6 atom stereocenters. The first-order valence-corrected chi connectivity index (χ1v) is 19.4. The lowest BCUT2D eigenvalue weighted by Gasteiger charge is -2.59. The standard InChI is InChI=1S/C43H50FN3O10/c1-3-22-55-43-39(46(42(51)54-2)26-28-10-14-31(44)15-11-28)25-37(45-56-27-29-12-16-32(17-13-29)47(52)53)35-23-30(8-4-6-20-48)34(9-5-7-21-49)40(41(35)43)36-24-33(50)18-19-38(36)57-43/h3,10-19,23-24,30,34,39-41,48-50H,1,4-9,20-22,25-27H2,2H3. The van der Waals surface area contributed by atoms with Crippen molar-refractivity contribution in [3.8, 4) is 11.5 Å². The highest BCUT2D eigenvalue weighted by atomic mass is 19.1. The van der Waals surface area contributed by atoms with Crippen LogP contribution in [0.2, 0.25) is 0 Å². The first-order valence-electron chi connectivity index (χ1n) is 19.4. The maximum atomic E-state index is 14.1. The Morgan fingerprint density at radius 1 is 1.05 bits per heavy atom. The summed E-state index contributed by atoms with van der Waals surface area (Å²) in [6, 6.07) is 15.9. The minimum atomic E-state index is -1.56. The quantitative estimate of drug-likeness (QED) is 0.0506. The van der Waals surface area contributed by atoms with Crippen LogP contribution in [0.1, 0.15) is 67.6 Å². The third-order valence-electron chi connectivity index (χ3n) is 11.3. The maximum absolute atomic E-state index is 14.1. The van der Waals surface area contributed by atoms with Crippen LogP contribution in [0.25, 0.3) is 0 Å². The Morgan fingerprint density at radius 2 is 1.75 bits per heavy atom. The predicted molar refractivity (Wildman–Crippen MR) is 209 cm³/mol. The number of ether oxygens (including phenoxy) is 3. The molecule has 6 unspecified atom stereocenters. The monoisotopic (exact) mass is 787 g/mol. The first-order chi connectivity index (χ1) is 27.6. The Balaban J connectivity index is 1.56. The topological polar surface area (TPSA) is 173 Å². The predicted octanol–water partition coefficient (Wildman–Crippen LogP) is 7.54. The second-order valence-corrected chi connectivity index (χ2v) is 14.7. The average molecular weight is 788 g/mol. The second-order valence-electron chi connectivity index (χ2n) is 14.7. The maximum Gasteiger partial charge on any atom is 0.410 e. The number of amides is 1. The number of hydrogen-bond donors (Lipinski definition) is 3. The first kappa shape index (κ1) is 41.3. The van der Waals surface area contributed by atoms with Crippen molar-refractivity contribution >= 4 is 17.5 Å². The van der Waals surface area contributed by atoms with Gasteiger partial charge < -0.3 is 34.4 Å². The molecule has 0 spiro atoms. The summed E-state index contributed by atoms with van der Waals surface area (Å²) in [5.74, 6) is -2.51. The van der Waals surface area contributed by atoms with Crippen LogP contribution in [0, 0.1) is 33.7 Å². The number of carbonyl (C=O) groups excluding carboxylic acids is 1. The summed E-state index contributed by atoms with van der Waals surface area (Å²) in [6.45, 7) is 4.06. The van der Waals surface area contributed by atoms with Crippen LogP contribution in [0.15, 0.2) is 96.2 Å². The van der Waals surface area contributed by atoms with Gasteiger partial charge in [0.1, 0.15) is 30.0 Å². The van der Waals surface area contributed by atoms with Gasteiger partial charge in [-0.25, -0.2) is 9.18 Å². The molecule has 3 aliphatic rings. The van der Waals surface area contributed by atoms with Crippen molar-refractivity contribution < 1.29 is 48.5 Å². The number of fused-ring (bicyclic) bond motifs is 2. The van der Waals surface area contributed by atoms with Gasteiger partial charge in [-0.2, -0.15) is 0 Å². The Morgan fingerprint density at radius 3 is 2.42 bits per heavy atom. The highest BCUT2D eigenvalue weighted by Gasteiger charge is 2.65. The number of phenolic OH excluding ortho intramolecular Hbond substituents is 1. The lowest BCUT2D eigenvalue weighted by molar-refractivity contribution is -0.384. The highest BCUT2D eigenvalue weighted by Crippen LogP contribution is 2.62. The van der Waals surface area contributed by atoms with Crippen LogP contribution in [0.3, 0.4) is 0 Å². The molecule has 1 saturated carbocycles. The molecule has 1 aliphatic heterocycles. The molecule has 0 radical (unpaired) electrons. The lowest BCUT2D eigenvalue weighted by atomic mass is 9.55. The molecule has 6 rings (SSSR count). The number of aromatic hydroxyl groups is 1. The van der Waals surface area contributed by atoms with Crippen LogP contribution in [-0.2, 0) is 27.5 Å². The SMILES string of the molecule is C=CCOC12Oc3ccc(O)cc3C3C(CCCCO)C(CCCCO)C=C(C(=NOCc4ccc([N+](=O)[O-])cc4)CC1N(Cc1ccc(F)cc1)C(=O)OC)C32. The molecule has 14 heteroatoms. The van der Waals surface area contributed by atoms with E-state index >= 15 is 0 Å². The van der Waals surface area contributed by atoms with Gasteiger partial charge in [-0.1, -0.05) is 42.3 Å². The molecule has 2 aliphatic carbocycles. The van der Waals surface area contributed by atoms with E-state index < -0.39 is 34.6 Å². The lowest BCUT2D eigenvalue weighted by Crippen LogP contribution is -2.70. The van der Waals surface area contributed by atoms with Crippen molar-refractivity contribution in [2.45, 2.75) is 75.8 Å². The van der Waals surface area contributed by atoms with E-state index in [1.54, 1.807) is 48.5 Å². The Bertz CT molecular complexity index is 1940. The van der Waals surface area contributed by atoms with E-state index in [1.165, 1.54) is 36.3 Å². The molecule has 0 saturated heterocycles. The van der Waals surface area contributed by atoms with Gasteiger partial charge in [0.25, 0.3) is 5.69 Å². The van der Waals surface area contributed by atoms with Gasteiger partial charge in [0.2, 0.25) is 5.79 Å². The number of phenols is 1. The summed E-state index contributed by atoms with van der Waals surface area (Å²) >= 11 is 0. The molecule has 0 bridgehead atoms. The number of carbonyl (C=O) groups is 1. The van der Waals surface area contributed by atoms with Gasteiger partial charge in [-0.3, -0.25) is 15.0 Å². The van der Waals surface area contributed by atoms with Crippen LogP contribution in [0.5, 0.6) is 11.5 Å². The summed E-state index contributed by atoms with van der Waals surface area (Å²) in [6.07, 6.45) is 7.33. The number of hydrogen-bond acceptors (Lipinski definition) is 11. The average Bonchev–Trinajstić information content (AvgIpc) is 3.21. The van der Waals surface area contributed by atoms with Gasteiger partial charge >= 0.3 is 6.09 Å². The van der Waals surface area contributed by atoms with Crippen LogP contribution >= 0.6 is 0 Å². The number of non-ortho nitro benzene ring substituents is 1. The van der Waals surface area contributed by atoms with E-state index in [4.69, 9.17) is 24.2 Å². The second kappa shape index (κ2) is 18.8. The fourth-order valence-corrected chi connectivity index (χ4v) is 8.76. The summed E-state index contributed by atoms with van der Waals surface area (Å²) in [7, 11) is 1.28. The van der Waals surface area contributed by atoms with Crippen molar-refractivity contribution in [1.29, 1.82) is 0 Å². The number of rotatable bonds is 18. The van der Waals surface area contributed by atoms with Gasteiger partial charge in [0.05, 0.1) is 30.3 Å². The Labute approximate surface area is 331 Å². The number of oxime groups is 1. The number of aliphatic hydroxyl groups is 2. The molecule has 0 aromatic heterocycles. The number of nitro benzene ring substituents is 1. The Hall–Kier alpha value is -5.31. The number of allylic oxidation sites excluding steroid dienone is 1. The third kappa shape index (κ3) is 8.98. The fourth-order valence-electron chi connectivity index (χ4n) is 8.76. The van der Waals surface area contributed by atoms with Crippen LogP contribution in [-0.4, -0.2) is 75.7 Å².